The lowest BCUT2D eigenvalue weighted by Gasteiger charge is -2.27. The first kappa shape index (κ1) is 10.5. The zero-order valence-electron chi connectivity index (χ0n) is 9.49. The summed E-state index contributed by atoms with van der Waals surface area (Å²) in [6.07, 6.45) is 4.16. The number of nitrogens with one attached hydrogen (secondary N) is 1. The van der Waals surface area contributed by atoms with E-state index in [1.54, 1.807) is 7.11 Å². The number of hydrogen-bond acceptors (Lipinski definition) is 2. The first-order valence-corrected chi connectivity index (χ1v) is 5.69. The molecule has 1 unspecified atom stereocenters. The van der Waals surface area contributed by atoms with Gasteiger partial charge in [-0.05, 0) is 43.9 Å². The minimum absolute atomic E-state index is 0.174. The van der Waals surface area contributed by atoms with Crippen molar-refractivity contribution in [1.82, 2.24) is 0 Å². The predicted molar refractivity (Wildman–Crippen MR) is 63.1 cm³/mol. The highest BCUT2D eigenvalue weighted by Crippen LogP contribution is 2.25. The molecule has 0 aliphatic heterocycles. The Morgan fingerprint density at radius 3 is 2.80 bits per heavy atom. The van der Waals surface area contributed by atoms with Crippen LogP contribution in [0.2, 0.25) is 0 Å². The normalized spacial score (nSPS) is 18.3. The summed E-state index contributed by atoms with van der Waals surface area (Å²) in [7, 11) is 1.75. The molecule has 1 fully saturated rings. The molecule has 0 radical (unpaired) electrons. The molecule has 2 heteroatoms. The zero-order chi connectivity index (χ0) is 10.7. The van der Waals surface area contributed by atoms with Crippen molar-refractivity contribution in [3.63, 3.8) is 0 Å². The van der Waals surface area contributed by atoms with Crippen LogP contribution in [-0.2, 0) is 4.74 Å². The summed E-state index contributed by atoms with van der Waals surface area (Å²) in [4.78, 5) is 0. The Morgan fingerprint density at radius 2 is 2.20 bits per heavy atom. The van der Waals surface area contributed by atoms with Crippen LogP contribution in [0.5, 0.6) is 0 Å². The highest BCUT2D eigenvalue weighted by Gasteiger charge is 2.16. The van der Waals surface area contributed by atoms with Gasteiger partial charge in [-0.15, -0.1) is 0 Å². The Hall–Kier alpha value is -1.02. The SMILES string of the molecule is COC(C)c1cccc(NC2CCC2)c1. The third kappa shape index (κ3) is 2.51. The Bertz CT molecular complexity index is 320. The molecule has 2 rings (SSSR count). The second-order valence-electron chi connectivity index (χ2n) is 4.28. The minimum atomic E-state index is 0.174. The lowest BCUT2D eigenvalue weighted by atomic mass is 9.93. The average molecular weight is 205 g/mol. The summed E-state index contributed by atoms with van der Waals surface area (Å²) in [6.45, 7) is 2.07. The summed E-state index contributed by atoms with van der Waals surface area (Å²) >= 11 is 0. The molecule has 1 aliphatic rings. The standard InChI is InChI=1S/C13H19NO/c1-10(15-2)11-5-3-8-13(9-11)14-12-6-4-7-12/h3,5,8-10,12,14H,4,6-7H2,1-2H3. The van der Waals surface area contributed by atoms with Crippen LogP contribution in [0.1, 0.15) is 37.9 Å². The molecule has 15 heavy (non-hydrogen) atoms. The van der Waals surface area contributed by atoms with Gasteiger partial charge in [0.15, 0.2) is 0 Å². The highest BCUT2D eigenvalue weighted by atomic mass is 16.5. The maximum Gasteiger partial charge on any atom is 0.0793 e. The fourth-order valence-corrected chi connectivity index (χ4v) is 1.81. The van der Waals surface area contributed by atoms with E-state index in [1.165, 1.54) is 30.5 Å². The molecule has 0 spiro atoms. The Labute approximate surface area is 91.6 Å². The van der Waals surface area contributed by atoms with Gasteiger partial charge in [0, 0.05) is 18.8 Å². The largest absolute Gasteiger partial charge is 0.382 e. The highest BCUT2D eigenvalue weighted by molar-refractivity contribution is 5.47. The van der Waals surface area contributed by atoms with Gasteiger partial charge in [0.05, 0.1) is 6.10 Å². The van der Waals surface area contributed by atoms with E-state index in [-0.39, 0.29) is 6.10 Å². The van der Waals surface area contributed by atoms with E-state index in [2.05, 4.69) is 36.5 Å². The Balaban J connectivity index is 2.04. The molecular weight excluding hydrogens is 186 g/mol. The number of hydrogen-bond donors (Lipinski definition) is 1. The van der Waals surface area contributed by atoms with Gasteiger partial charge in [-0.2, -0.15) is 0 Å². The molecule has 1 aromatic rings. The van der Waals surface area contributed by atoms with Crippen LogP contribution in [-0.4, -0.2) is 13.2 Å². The van der Waals surface area contributed by atoms with Gasteiger partial charge in [-0.3, -0.25) is 0 Å². The van der Waals surface area contributed by atoms with Crippen LogP contribution < -0.4 is 5.32 Å². The maximum absolute atomic E-state index is 5.31. The van der Waals surface area contributed by atoms with Crippen molar-refractivity contribution < 1.29 is 4.74 Å². The molecule has 1 atom stereocenters. The summed E-state index contributed by atoms with van der Waals surface area (Å²) < 4.78 is 5.31. The van der Waals surface area contributed by atoms with Gasteiger partial charge in [0.1, 0.15) is 0 Å². The maximum atomic E-state index is 5.31. The third-order valence-corrected chi connectivity index (χ3v) is 3.19. The molecule has 82 valence electrons. The smallest absolute Gasteiger partial charge is 0.0793 e. The lowest BCUT2D eigenvalue weighted by Crippen LogP contribution is -2.26. The molecule has 2 nitrogen and oxygen atoms in total. The van der Waals surface area contributed by atoms with E-state index >= 15 is 0 Å². The van der Waals surface area contributed by atoms with Gasteiger partial charge in [0.2, 0.25) is 0 Å². The molecule has 1 aliphatic carbocycles. The van der Waals surface area contributed by atoms with E-state index in [0.717, 1.165) is 0 Å². The quantitative estimate of drug-likeness (QED) is 0.813. The second-order valence-corrected chi connectivity index (χ2v) is 4.28. The van der Waals surface area contributed by atoms with Crippen LogP contribution in [0.15, 0.2) is 24.3 Å². The molecule has 1 aromatic carbocycles. The van der Waals surface area contributed by atoms with Crippen molar-refractivity contribution in [2.24, 2.45) is 0 Å². The summed E-state index contributed by atoms with van der Waals surface area (Å²) in [5, 5.41) is 3.54. The minimum Gasteiger partial charge on any atom is -0.382 e. The van der Waals surface area contributed by atoms with Crippen LogP contribution in [0, 0.1) is 0 Å². The molecular formula is C13H19NO. The summed E-state index contributed by atoms with van der Waals surface area (Å²) in [5.74, 6) is 0. The van der Waals surface area contributed by atoms with E-state index in [0.29, 0.717) is 6.04 Å². The zero-order valence-corrected chi connectivity index (χ0v) is 9.49. The monoisotopic (exact) mass is 205 g/mol. The van der Waals surface area contributed by atoms with E-state index in [9.17, 15) is 0 Å². The van der Waals surface area contributed by atoms with Crippen LogP contribution in [0.25, 0.3) is 0 Å². The Kier molecular flexibility index (Phi) is 3.27. The van der Waals surface area contributed by atoms with E-state index in [1.807, 2.05) is 0 Å². The number of anilines is 1. The predicted octanol–water partition coefficient (Wildman–Crippen LogP) is 3.36. The van der Waals surface area contributed by atoms with Crippen molar-refractivity contribution in [1.29, 1.82) is 0 Å². The number of benzene rings is 1. The molecule has 0 bridgehead atoms. The van der Waals surface area contributed by atoms with Crippen molar-refractivity contribution in [3.05, 3.63) is 29.8 Å². The van der Waals surface area contributed by atoms with Crippen molar-refractivity contribution in [3.8, 4) is 0 Å². The Morgan fingerprint density at radius 1 is 1.40 bits per heavy atom. The van der Waals surface area contributed by atoms with E-state index < -0.39 is 0 Å². The second kappa shape index (κ2) is 4.67. The number of methoxy groups -OCH3 is 1. The van der Waals surface area contributed by atoms with Crippen LogP contribution in [0.3, 0.4) is 0 Å². The molecule has 1 N–H and O–H groups in total. The molecule has 0 amide bonds. The first-order valence-electron chi connectivity index (χ1n) is 5.69. The molecule has 0 aromatic heterocycles. The molecule has 0 heterocycles. The number of rotatable bonds is 4. The van der Waals surface area contributed by atoms with Gasteiger partial charge in [-0.1, -0.05) is 12.1 Å². The fraction of sp³-hybridized carbons (Fsp3) is 0.538. The van der Waals surface area contributed by atoms with Crippen molar-refractivity contribution in [2.45, 2.75) is 38.3 Å². The summed E-state index contributed by atoms with van der Waals surface area (Å²) in [5.41, 5.74) is 2.46. The van der Waals surface area contributed by atoms with Crippen LogP contribution in [0.4, 0.5) is 5.69 Å². The van der Waals surface area contributed by atoms with Gasteiger partial charge < -0.3 is 10.1 Å². The van der Waals surface area contributed by atoms with Crippen molar-refractivity contribution >= 4 is 5.69 Å². The van der Waals surface area contributed by atoms with Gasteiger partial charge in [-0.25, -0.2) is 0 Å². The lowest BCUT2D eigenvalue weighted by molar-refractivity contribution is 0.119. The average Bonchev–Trinajstić information content (AvgIpc) is 2.23. The third-order valence-electron chi connectivity index (χ3n) is 3.19. The first-order chi connectivity index (χ1) is 7.29. The van der Waals surface area contributed by atoms with Crippen molar-refractivity contribution in [2.75, 3.05) is 12.4 Å². The fourth-order valence-electron chi connectivity index (χ4n) is 1.81. The topological polar surface area (TPSA) is 21.3 Å². The summed E-state index contributed by atoms with van der Waals surface area (Å²) in [6, 6.07) is 9.21. The van der Waals surface area contributed by atoms with E-state index in [4.69, 9.17) is 4.74 Å². The number of ether oxygens (including phenoxy) is 1. The van der Waals surface area contributed by atoms with Gasteiger partial charge in [0.25, 0.3) is 0 Å². The van der Waals surface area contributed by atoms with Crippen LogP contribution >= 0.6 is 0 Å². The molecule has 0 saturated heterocycles. The molecule has 1 saturated carbocycles. The van der Waals surface area contributed by atoms with Gasteiger partial charge >= 0.3 is 0 Å².